The summed E-state index contributed by atoms with van der Waals surface area (Å²) in [4.78, 5) is 23.3. The lowest BCUT2D eigenvalue weighted by atomic mass is 10.0. The van der Waals surface area contributed by atoms with Crippen molar-refractivity contribution in [1.29, 1.82) is 5.26 Å². The minimum absolute atomic E-state index is 0.134. The summed E-state index contributed by atoms with van der Waals surface area (Å²) in [5, 5.41) is 9.73. The van der Waals surface area contributed by atoms with Crippen LogP contribution in [0.5, 0.6) is 0 Å². The van der Waals surface area contributed by atoms with Crippen molar-refractivity contribution in [3.63, 3.8) is 0 Å². The van der Waals surface area contributed by atoms with Crippen molar-refractivity contribution in [2.75, 3.05) is 12.4 Å². The van der Waals surface area contributed by atoms with E-state index in [2.05, 4.69) is 9.97 Å². The van der Waals surface area contributed by atoms with E-state index in [4.69, 9.17) is 15.7 Å². The largest absolute Gasteiger partial charge is 0.383 e. The first-order chi connectivity index (χ1) is 14.5. The van der Waals surface area contributed by atoms with E-state index >= 15 is 0 Å². The fraction of sp³-hybridized carbons (Fsp3) is 0.273. The van der Waals surface area contributed by atoms with E-state index in [0.717, 1.165) is 16.5 Å². The van der Waals surface area contributed by atoms with Crippen LogP contribution >= 0.6 is 0 Å². The minimum atomic E-state index is -0.684. The van der Waals surface area contributed by atoms with E-state index in [0.29, 0.717) is 41.4 Å². The van der Waals surface area contributed by atoms with Crippen molar-refractivity contribution in [2.45, 2.75) is 32.7 Å². The van der Waals surface area contributed by atoms with Gasteiger partial charge in [0, 0.05) is 22.7 Å². The normalized spacial score (nSPS) is 13.6. The molecule has 30 heavy (non-hydrogen) atoms. The maximum absolute atomic E-state index is 13.5. The first-order valence-corrected chi connectivity index (χ1v) is 9.52. The summed E-state index contributed by atoms with van der Waals surface area (Å²) in [6, 6.07) is 9.84. The van der Waals surface area contributed by atoms with Gasteiger partial charge in [-0.1, -0.05) is 0 Å². The molecule has 0 spiro atoms. The average Bonchev–Trinajstić information content (AvgIpc) is 3.28. The molecule has 1 aliphatic rings. The van der Waals surface area contributed by atoms with Crippen LogP contribution in [-0.2, 0) is 24.5 Å². The number of hydrogen-bond acceptors (Lipinski definition) is 6. The van der Waals surface area contributed by atoms with Gasteiger partial charge in [-0.3, -0.25) is 9.78 Å². The van der Waals surface area contributed by atoms with Gasteiger partial charge < -0.3 is 15.4 Å². The van der Waals surface area contributed by atoms with Crippen LogP contribution in [0.15, 0.2) is 36.5 Å². The van der Waals surface area contributed by atoms with Gasteiger partial charge in [-0.15, -0.1) is 0 Å². The number of nitriles is 1. The Morgan fingerprint density at radius 3 is 2.83 bits per heavy atom. The minimum Gasteiger partial charge on any atom is -0.383 e. The molecule has 2 aromatic heterocycles. The molecule has 0 bridgehead atoms. The van der Waals surface area contributed by atoms with Crippen molar-refractivity contribution in [2.24, 2.45) is 0 Å². The maximum Gasteiger partial charge on any atom is 0.254 e. The molecule has 7 nitrogen and oxygen atoms in total. The lowest BCUT2D eigenvalue weighted by molar-refractivity contribution is 0.0646. The predicted octanol–water partition coefficient (Wildman–Crippen LogP) is 3.11. The molecule has 0 fully saturated rings. The van der Waals surface area contributed by atoms with E-state index in [-0.39, 0.29) is 12.5 Å². The molecule has 0 radical (unpaired) electrons. The third kappa shape index (κ3) is 3.55. The molecule has 1 atom stereocenters. The van der Waals surface area contributed by atoms with Gasteiger partial charge in [0.05, 0.1) is 42.6 Å². The topological polar surface area (TPSA) is 105 Å². The van der Waals surface area contributed by atoms with Gasteiger partial charge in [-0.2, -0.15) is 5.26 Å². The number of nitrogens with zero attached hydrogens (tertiary/aromatic N) is 4. The Kier molecular flexibility index (Phi) is 5.29. The zero-order valence-corrected chi connectivity index (χ0v) is 16.4. The van der Waals surface area contributed by atoms with Crippen LogP contribution in [0.25, 0.3) is 10.9 Å². The second-order valence-electron chi connectivity index (χ2n) is 7.27. The van der Waals surface area contributed by atoms with Crippen LogP contribution in [-0.4, -0.2) is 33.5 Å². The number of fused-ring (bicyclic) bond motifs is 3. The number of amides is 1. The highest BCUT2D eigenvalue weighted by atomic mass is 19.1. The van der Waals surface area contributed by atoms with Crippen LogP contribution in [0.4, 0.5) is 10.2 Å². The first kappa shape index (κ1) is 19.7. The number of halogens is 1. The average molecular weight is 405 g/mol. The molecule has 3 heterocycles. The third-order valence-corrected chi connectivity index (χ3v) is 5.28. The fourth-order valence-electron chi connectivity index (χ4n) is 3.54. The number of pyridine rings is 2. The van der Waals surface area contributed by atoms with Crippen molar-refractivity contribution in [1.82, 2.24) is 14.9 Å². The molecule has 8 heteroatoms. The standard InChI is InChI=1S/C22H20FN5O2/c1-13(7-23)28(10-16-4-2-14(8-24)9-26-16)22(29)15-3-5-20-17(6-15)18-11-30-12-19(18)21(25)27-20/h2-6,9,13H,7,10-12H2,1H3,(H2,25,27)/t13-/m1/s1. The Balaban J connectivity index is 1.69. The summed E-state index contributed by atoms with van der Waals surface area (Å²) in [6.07, 6.45) is 1.44. The first-order valence-electron chi connectivity index (χ1n) is 9.52. The highest BCUT2D eigenvalue weighted by Crippen LogP contribution is 2.32. The number of benzene rings is 1. The van der Waals surface area contributed by atoms with E-state index in [1.54, 1.807) is 37.3 Å². The SMILES string of the molecule is C[C@H](CF)N(Cc1ccc(C#N)cn1)C(=O)c1ccc2nc(N)c3c(c2c1)COC3. The Labute approximate surface area is 172 Å². The van der Waals surface area contributed by atoms with Gasteiger partial charge in [-0.25, -0.2) is 9.37 Å². The predicted molar refractivity (Wildman–Crippen MR) is 109 cm³/mol. The molecule has 0 aliphatic carbocycles. The molecule has 1 amide bonds. The summed E-state index contributed by atoms with van der Waals surface area (Å²) in [6.45, 7) is 1.91. The number of carbonyl (C=O) groups is 1. The fourth-order valence-corrected chi connectivity index (χ4v) is 3.54. The van der Waals surface area contributed by atoms with Gasteiger partial charge in [-0.05, 0) is 42.8 Å². The van der Waals surface area contributed by atoms with Crippen molar-refractivity contribution < 1.29 is 13.9 Å². The highest BCUT2D eigenvalue weighted by molar-refractivity contribution is 5.99. The van der Waals surface area contributed by atoms with E-state index in [1.165, 1.54) is 11.1 Å². The van der Waals surface area contributed by atoms with Gasteiger partial charge in [0.1, 0.15) is 18.6 Å². The van der Waals surface area contributed by atoms with Crippen LogP contribution < -0.4 is 5.73 Å². The van der Waals surface area contributed by atoms with E-state index in [9.17, 15) is 9.18 Å². The number of nitrogen functional groups attached to an aromatic ring is 1. The quantitative estimate of drug-likeness (QED) is 0.699. The number of aromatic nitrogens is 2. The Morgan fingerprint density at radius 2 is 2.13 bits per heavy atom. The Hall–Kier alpha value is -3.57. The van der Waals surface area contributed by atoms with Crippen molar-refractivity contribution in [3.8, 4) is 6.07 Å². The summed E-state index contributed by atoms with van der Waals surface area (Å²) < 4.78 is 19.0. The molecule has 1 aliphatic heterocycles. The molecule has 0 unspecified atom stereocenters. The summed E-state index contributed by atoms with van der Waals surface area (Å²) in [7, 11) is 0. The lowest BCUT2D eigenvalue weighted by Gasteiger charge is -2.27. The van der Waals surface area contributed by atoms with Gasteiger partial charge in [0.15, 0.2) is 0 Å². The number of rotatable bonds is 5. The molecular weight excluding hydrogens is 385 g/mol. The van der Waals surface area contributed by atoms with Crippen molar-refractivity contribution in [3.05, 3.63) is 64.5 Å². The van der Waals surface area contributed by atoms with Gasteiger partial charge in [0.25, 0.3) is 5.91 Å². The molecule has 2 N–H and O–H groups in total. The molecule has 0 saturated carbocycles. The van der Waals surface area contributed by atoms with Crippen molar-refractivity contribution >= 4 is 22.6 Å². The van der Waals surface area contributed by atoms with E-state index in [1.807, 2.05) is 6.07 Å². The summed E-state index contributed by atoms with van der Waals surface area (Å²) in [5.41, 5.74) is 9.91. The van der Waals surface area contributed by atoms with Crippen LogP contribution in [0, 0.1) is 11.3 Å². The second kappa shape index (κ2) is 8.05. The number of carbonyl (C=O) groups excluding carboxylic acids is 1. The zero-order chi connectivity index (χ0) is 21.3. The summed E-state index contributed by atoms with van der Waals surface area (Å²) >= 11 is 0. The zero-order valence-electron chi connectivity index (χ0n) is 16.4. The Morgan fingerprint density at radius 1 is 1.33 bits per heavy atom. The number of hydrogen-bond donors (Lipinski definition) is 1. The smallest absolute Gasteiger partial charge is 0.254 e. The monoisotopic (exact) mass is 405 g/mol. The number of alkyl halides is 1. The van der Waals surface area contributed by atoms with E-state index < -0.39 is 12.7 Å². The Bertz CT molecular complexity index is 1160. The molecule has 0 saturated heterocycles. The number of ether oxygens (including phenoxy) is 1. The molecule has 3 aromatic rings. The number of anilines is 1. The third-order valence-electron chi connectivity index (χ3n) is 5.28. The summed E-state index contributed by atoms with van der Waals surface area (Å²) in [5.74, 6) is 0.131. The molecular formula is C22H20FN5O2. The van der Waals surface area contributed by atoms with Gasteiger partial charge >= 0.3 is 0 Å². The highest BCUT2D eigenvalue weighted by Gasteiger charge is 2.24. The molecule has 152 valence electrons. The second-order valence-corrected chi connectivity index (χ2v) is 7.27. The lowest BCUT2D eigenvalue weighted by Crippen LogP contribution is -2.39. The van der Waals surface area contributed by atoms with Crippen LogP contribution in [0.3, 0.4) is 0 Å². The van der Waals surface area contributed by atoms with Crippen LogP contribution in [0.1, 0.15) is 39.7 Å². The van der Waals surface area contributed by atoms with Crippen LogP contribution in [0.2, 0.25) is 0 Å². The molecule has 1 aromatic carbocycles. The number of nitrogens with two attached hydrogens (primary N) is 1. The molecule has 4 rings (SSSR count). The maximum atomic E-state index is 13.5. The van der Waals surface area contributed by atoms with Gasteiger partial charge in [0.2, 0.25) is 0 Å².